The average molecular weight is 574 g/mol. The average Bonchev–Trinajstić information content (AvgIpc) is 3.25. The van der Waals surface area contributed by atoms with E-state index in [2.05, 4.69) is 18.8 Å². The van der Waals surface area contributed by atoms with E-state index in [-0.39, 0.29) is 29.4 Å². The molecule has 2 aliphatic heterocycles. The molecule has 10 nitrogen and oxygen atoms in total. The molecule has 0 radical (unpaired) electrons. The summed E-state index contributed by atoms with van der Waals surface area (Å²) in [5.41, 5.74) is 1.02. The lowest BCUT2D eigenvalue weighted by atomic mass is 9.94. The van der Waals surface area contributed by atoms with Crippen LogP contribution >= 0.6 is 11.3 Å². The Morgan fingerprint density at radius 1 is 1.05 bits per heavy atom. The van der Waals surface area contributed by atoms with Crippen LogP contribution < -0.4 is 14.3 Å². The van der Waals surface area contributed by atoms with Crippen molar-refractivity contribution in [3.8, 4) is 11.5 Å². The smallest absolute Gasteiger partial charge is 0.307 e. The molecule has 2 unspecified atom stereocenters. The first-order valence-electron chi connectivity index (χ1n) is 12.8. The summed E-state index contributed by atoms with van der Waals surface area (Å²) >= 11 is 1.29. The zero-order valence-corrected chi connectivity index (χ0v) is 23.7. The van der Waals surface area contributed by atoms with Gasteiger partial charge in [0.25, 0.3) is 5.91 Å². The van der Waals surface area contributed by atoms with E-state index in [1.165, 1.54) is 47.0 Å². The van der Waals surface area contributed by atoms with Crippen molar-refractivity contribution in [2.75, 3.05) is 33.4 Å². The van der Waals surface area contributed by atoms with Gasteiger partial charge in [0.05, 0.1) is 28.6 Å². The molecule has 1 amide bonds. The molecule has 39 heavy (non-hydrogen) atoms. The number of ether oxygens (including phenoxy) is 3. The van der Waals surface area contributed by atoms with Gasteiger partial charge in [-0.25, -0.2) is 8.42 Å². The minimum atomic E-state index is -3.66. The molecule has 1 saturated heterocycles. The number of methoxy groups -OCH3 is 1. The Kier molecular flexibility index (Phi) is 7.79. The maximum atomic E-state index is 13.2. The normalized spacial score (nSPS) is 20.2. The van der Waals surface area contributed by atoms with Crippen LogP contribution in [-0.2, 0) is 26.1 Å². The number of carbonyl (C=O) groups excluding carboxylic acids is 2. The van der Waals surface area contributed by atoms with Gasteiger partial charge in [0.1, 0.15) is 13.2 Å². The van der Waals surface area contributed by atoms with Gasteiger partial charge in [-0.05, 0) is 42.5 Å². The second-order valence-electron chi connectivity index (χ2n) is 10.0. The van der Waals surface area contributed by atoms with Crippen LogP contribution in [0, 0.1) is 11.8 Å². The largest absolute Gasteiger partial charge is 0.486 e. The van der Waals surface area contributed by atoms with E-state index in [4.69, 9.17) is 14.2 Å². The van der Waals surface area contributed by atoms with Crippen LogP contribution in [0.2, 0.25) is 0 Å². The first-order valence-corrected chi connectivity index (χ1v) is 15.1. The van der Waals surface area contributed by atoms with Crippen molar-refractivity contribution in [2.24, 2.45) is 16.8 Å². The molecule has 3 heterocycles. The molecule has 0 saturated carbocycles. The summed E-state index contributed by atoms with van der Waals surface area (Å²) in [5.74, 6) is 0.881. The van der Waals surface area contributed by atoms with E-state index in [9.17, 15) is 18.0 Å². The number of aryl methyl sites for hydroxylation is 1. The molecule has 0 N–H and O–H groups in total. The van der Waals surface area contributed by atoms with Gasteiger partial charge < -0.3 is 18.8 Å². The third-order valence-corrected chi connectivity index (χ3v) is 9.77. The molecule has 5 rings (SSSR count). The van der Waals surface area contributed by atoms with E-state index >= 15 is 0 Å². The van der Waals surface area contributed by atoms with Crippen LogP contribution in [0.4, 0.5) is 0 Å². The van der Waals surface area contributed by atoms with E-state index in [1.54, 1.807) is 4.57 Å². The third-order valence-electron chi connectivity index (χ3n) is 6.89. The fourth-order valence-corrected chi connectivity index (χ4v) is 7.83. The second kappa shape index (κ2) is 11.1. The monoisotopic (exact) mass is 573 g/mol. The minimum absolute atomic E-state index is 0.0957. The van der Waals surface area contributed by atoms with E-state index in [1.807, 2.05) is 12.1 Å². The molecule has 12 heteroatoms. The van der Waals surface area contributed by atoms with Gasteiger partial charge in [-0.3, -0.25) is 9.59 Å². The van der Waals surface area contributed by atoms with Crippen molar-refractivity contribution in [3.63, 3.8) is 0 Å². The number of sulfonamides is 1. The Morgan fingerprint density at radius 2 is 1.69 bits per heavy atom. The molecule has 2 aromatic carbocycles. The number of nitrogens with zero attached hydrogens (tertiary/aromatic N) is 3. The number of piperidine rings is 1. The van der Waals surface area contributed by atoms with Gasteiger partial charge in [0.15, 0.2) is 16.3 Å². The van der Waals surface area contributed by atoms with Crippen LogP contribution in [0.15, 0.2) is 46.3 Å². The fourth-order valence-electron chi connectivity index (χ4n) is 5.08. The number of benzene rings is 2. The van der Waals surface area contributed by atoms with Crippen LogP contribution in [-0.4, -0.2) is 62.6 Å². The van der Waals surface area contributed by atoms with E-state index < -0.39 is 15.9 Å². The summed E-state index contributed by atoms with van der Waals surface area (Å²) in [6.07, 6.45) is 1.10. The standard InChI is InChI=1S/C27H31N3O7S2/c1-17-12-18(2)16-29(15-17)39(33,34)20-6-4-19(5-7-20)26(32)28-27-30(9-8-25(31)35-3)21-13-22-23(14-24(21)38-27)37-11-10-36-22/h4-7,13-14,17-18H,8-12,15-16H2,1-3H3. The first kappa shape index (κ1) is 27.4. The van der Waals surface area contributed by atoms with Crippen LogP contribution in [0.1, 0.15) is 37.0 Å². The number of rotatable bonds is 6. The van der Waals surface area contributed by atoms with Crippen molar-refractivity contribution in [1.82, 2.24) is 8.87 Å². The number of aromatic nitrogens is 1. The van der Waals surface area contributed by atoms with Crippen molar-refractivity contribution >= 4 is 43.5 Å². The highest BCUT2D eigenvalue weighted by molar-refractivity contribution is 7.89. The maximum absolute atomic E-state index is 13.2. The van der Waals surface area contributed by atoms with Crippen molar-refractivity contribution in [2.45, 2.75) is 38.1 Å². The number of amides is 1. The molecule has 0 aliphatic carbocycles. The first-order chi connectivity index (χ1) is 18.7. The summed E-state index contributed by atoms with van der Waals surface area (Å²) < 4.78 is 46.8. The molecule has 0 spiro atoms. The van der Waals surface area contributed by atoms with E-state index in [0.29, 0.717) is 54.4 Å². The Morgan fingerprint density at radius 3 is 2.33 bits per heavy atom. The highest BCUT2D eigenvalue weighted by atomic mass is 32.2. The number of hydrogen-bond donors (Lipinski definition) is 0. The molecule has 3 aromatic rings. The highest BCUT2D eigenvalue weighted by Gasteiger charge is 2.31. The van der Waals surface area contributed by atoms with Gasteiger partial charge >= 0.3 is 5.97 Å². The Labute approximate surface area is 230 Å². The number of esters is 1. The zero-order valence-electron chi connectivity index (χ0n) is 22.1. The third kappa shape index (κ3) is 5.73. The Balaban J connectivity index is 1.46. The topological polar surface area (TPSA) is 117 Å². The zero-order chi connectivity index (χ0) is 27.7. The number of thiazole rings is 1. The molecule has 2 atom stereocenters. The predicted octanol–water partition coefficient (Wildman–Crippen LogP) is 3.44. The summed E-state index contributed by atoms with van der Waals surface area (Å²) in [4.78, 5) is 29.9. The lowest BCUT2D eigenvalue weighted by molar-refractivity contribution is -0.140. The van der Waals surface area contributed by atoms with Gasteiger partial charge in [-0.15, -0.1) is 0 Å². The van der Waals surface area contributed by atoms with Gasteiger partial charge in [0, 0.05) is 37.3 Å². The van der Waals surface area contributed by atoms with Crippen molar-refractivity contribution in [3.05, 3.63) is 46.8 Å². The summed E-state index contributed by atoms with van der Waals surface area (Å²) in [5, 5.41) is 0. The number of hydrogen-bond acceptors (Lipinski definition) is 8. The Bertz CT molecular complexity index is 1570. The SMILES string of the molecule is COC(=O)CCn1c(=NC(=O)c2ccc(S(=O)(=O)N3CC(C)CC(C)C3)cc2)sc2cc3c(cc21)OCCO3. The van der Waals surface area contributed by atoms with E-state index in [0.717, 1.165) is 16.6 Å². The van der Waals surface area contributed by atoms with Gasteiger partial charge in [0.2, 0.25) is 10.0 Å². The fraction of sp³-hybridized carbons (Fsp3) is 0.444. The van der Waals surface area contributed by atoms with Crippen LogP contribution in [0.5, 0.6) is 11.5 Å². The molecule has 1 fully saturated rings. The molecule has 0 bridgehead atoms. The minimum Gasteiger partial charge on any atom is -0.486 e. The highest BCUT2D eigenvalue weighted by Crippen LogP contribution is 2.35. The maximum Gasteiger partial charge on any atom is 0.307 e. The Hall–Kier alpha value is -3.22. The molecule has 1 aromatic heterocycles. The van der Waals surface area contributed by atoms with Crippen molar-refractivity contribution in [1.29, 1.82) is 0 Å². The lowest BCUT2D eigenvalue weighted by Gasteiger charge is -2.34. The molecular formula is C27H31N3O7S2. The van der Waals surface area contributed by atoms with Crippen LogP contribution in [0.3, 0.4) is 0 Å². The van der Waals surface area contributed by atoms with Crippen LogP contribution in [0.25, 0.3) is 10.2 Å². The summed E-state index contributed by atoms with van der Waals surface area (Å²) in [6, 6.07) is 9.56. The quantitative estimate of drug-likeness (QED) is 0.415. The van der Waals surface area contributed by atoms with Gasteiger partial charge in [-0.1, -0.05) is 25.2 Å². The number of carbonyl (C=O) groups is 2. The van der Waals surface area contributed by atoms with Crippen molar-refractivity contribution < 1.29 is 32.2 Å². The van der Waals surface area contributed by atoms with Gasteiger partial charge in [-0.2, -0.15) is 9.30 Å². The second-order valence-corrected chi connectivity index (χ2v) is 13.0. The molecular weight excluding hydrogens is 542 g/mol. The summed E-state index contributed by atoms with van der Waals surface area (Å²) in [6.45, 7) is 6.22. The lowest BCUT2D eigenvalue weighted by Crippen LogP contribution is -2.42. The summed E-state index contributed by atoms with van der Waals surface area (Å²) in [7, 11) is -2.33. The number of fused-ring (bicyclic) bond motifs is 2. The molecule has 2 aliphatic rings. The predicted molar refractivity (Wildman–Crippen MR) is 145 cm³/mol. The molecule has 208 valence electrons.